The van der Waals surface area contributed by atoms with E-state index in [-0.39, 0.29) is 30.1 Å². The van der Waals surface area contributed by atoms with Gasteiger partial charge in [0, 0.05) is 19.0 Å². The molecule has 106 valence electrons. The highest BCUT2D eigenvalue weighted by atomic mass is 16.3. The number of phenolic OH excluding ortho intramolecular Hbond substituents is 2. The molecule has 1 aliphatic rings. The van der Waals surface area contributed by atoms with Crippen LogP contribution in [0.1, 0.15) is 23.2 Å². The van der Waals surface area contributed by atoms with Gasteiger partial charge in [-0.05, 0) is 24.6 Å². The summed E-state index contributed by atoms with van der Waals surface area (Å²) in [6.07, 6.45) is 0.436. The maximum absolute atomic E-state index is 12.0. The zero-order chi connectivity index (χ0) is 14.9. The molecule has 1 aliphatic heterocycles. The number of aromatic hydroxyl groups is 2. The van der Waals surface area contributed by atoms with Crippen molar-refractivity contribution in [1.82, 2.24) is 10.2 Å². The van der Waals surface area contributed by atoms with Gasteiger partial charge >= 0.3 is 0 Å². The fraction of sp³-hybridized carbons (Fsp3) is 0.308. The number of phenols is 2. The predicted molar refractivity (Wildman–Crippen MR) is 68.0 cm³/mol. The van der Waals surface area contributed by atoms with Gasteiger partial charge in [-0.15, -0.1) is 0 Å². The second-order valence-electron chi connectivity index (χ2n) is 4.56. The van der Waals surface area contributed by atoms with E-state index in [4.69, 9.17) is 0 Å². The molecular formula is C13H14N2O5. The predicted octanol–water partition coefficient (Wildman–Crippen LogP) is -0.0250. The van der Waals surface area contributed by atoms with Crippen LogP contribution in [0.4, 0.5) is 0 Å². The number of benzene rings is 1. The Labute approximate surface area is 114 Å². The molecule has 2 rings (SSSR count). The lowest BCUT2D eigenvalue weighted by molar-refractivity contribution is -0.147. The number of imide groups is 1. The lowest BCUT2D eigenvalue weighted by atomic mass is 10.0. The first-order valence-electron chi connectivity index (χ1n) is 6.03. The van der Waals surface area contributed by atoms with E-state index in [1.54, 1.807) is 0 Å². The molecule has 1 aromatic rings. The minimum Gasteiger partial charge on any atom is -0.504 e. The Morgan fingerprint density at radius 3 is 2.65 bits per heavy atom. The van der Waals surface area contributed by atoms with Crippen LogP contribution in [0.15, 0.2) is 18.2 Å². The van der Waals surface area contributed by atoms with E-state index in [1.807, 2.05) is 0 Å². The minimum atomic E-state index is -0.763. The fourth-order valence-electron chi connectivity index (χ4n) is 1.96. The molecule has 1 unspecified atom stereocenters. The molecule has 3 N–H and O–H groups in total. The molecule has 0 aromatic heterocycles. The van der Waals surface area contributed by atoms with Gasteiger partial charge in [0.15, 0.2) is 11.5 Å². The summed E-state index contributed by atoms with van der Waals surface area (Å²) < 4.78 is 0. The Hall–Kier alpha value is -2.57. The zero-order valence-electron chi connectivity index (χ0n) is 10.8. The molecule has 0 spiro atoms. The van der Waals surface area contributed by atoms with Crippen LogP contribution in [0, 0.1) is 0 Å². The van der Waals surface area contributed by atoms with Crippen LogP contribution in [-0.4, -0.2) is 45.9 Å². The normalized spacial score (nSPS) is 19.1. The second-order valence-corrected chi connectivity index (χ2v) is 4.56. The van der Waals surface area contributed by atoms with Crippen LogP contribution in [0.5, 0.6) is 11.5 Å². The van der Waals surface area contributed by atoms with E-state index in [2.05, 4.69) is 5.32 Å². The molecule has 7 nitrogen and oxygen atoms in total. The zero-order valence-corrected chi connectivity index (χ0v) is 10.8. The Morgan fingerprint density at radius 2 is 2.00 bits per heavy atom. The van der Waals surface area contributed by atoms with Crippen molar-refractivity contribution >= 4 is 17.7 Å². The van der Waals surface area contributed by atoms with Gasteiger partial charge < -0.3 is 15.5 Å². The van der Waals surface area contributed by atoms with Crippen LogP contribution in [0.2, 0.25) is 0 Å². The van der Waals surface area contributed by atoms with E-state index < -0.39 is 23.6 Å². The molecule has 1 atom stereocenters. The summed E-state index contributed by atoms with van der Waals surface area (Å²) in [7, 11) is 1.37. The van der Waals surface area contributed by atoms with Crippen molar-refractivity contribution in [2.24, 2.45) is 0 Å². The second kappa shape index (κ2) is 5.20. The van der Waals surface area contributed by atoms with Crippen molar-refractivity contribution in [3.05, 3.63) is 23.8 Å². The number of likely N-dealkylation sites (N-methyl/N-ethyl adjacent to an activating group) is 1. The highest BCUT2D eigenvalue weighted by molar-refractivity contribution is 6.03. The van der Waals surface area contributed by atoms with Gasteiger partial charge in [-0.1, -0.05) is 0 Å². The molecule has 7 heteroatoms. The van der Waals surface area contributed by atoms with Gasteiger partial charge in [0.05, 0.1) is 0 Å². The van der Waals surface area contributed by atoms with Crippen molar-refractivity contribution in [1.29, 1.82) is 0 Å². The van der Waals surface area contributed by atoms with Crippen LogP contribution in [-0.2, 0) is 9.59 Å². The Kier molecular flexibility index (Phi) is 3.60. The van der Waals surface area contributed by atoms with E-state index in [0.29, 0.717) is 0 Å². The molecule has 1 saturated heterocycles. The quantitative estimate of drug-likeness (QED) is 0.520. The van der Waals surface area contributed by atoms with E-state index in [0.717, 1.165) is 11.0 Å². The number of rotatable bonds is 2. The highest BCUT2D eigenvalue weighted by Gasteiger charge is 2.32. The molecule has 1 fully saturated rings. The fourth-order valence-corrected chi connectivity index (χ4v) is 1.96. The number of carbonyl (C=O) groups excluding carboxylic acids is 3. The molecule has 0 aliphatic carbocycles. The number of likely N-dealkylation sites (tertiary alicyclic amines) is 1. The van der Waals surface area contributed by atoms with Crippen molar-refractivity contribution in [2.45, 2.75) is 18.9 Å². The molecule has 20 heavy (non-hydrogen) atoms. The minimum absolute atomic E-state index is 0.118. The smallest absolute Gasteiger partial charge is 0.252 e. The van der Waals surface area contributed by atoms with Gasteiger partial charge in [0.1, 0.15) is 6.04 Å². The summed E-state index contributed by atoms with van der Waals surface area (Å²) in [6.45, 7) is 0. The average Bonchev–Trinajstić information content (AvgIpc) is 2.42. The molecule has 0 bridgehead atoms. The third-order valence-corrected chi connectivity index (χ3v) is 3.19. The number of nitrogens with zero attached hydrogens (tertiary/aromatic N) is 1. The number of piperidine rings is 1. The van der Waals surface area contributed by atoms with Gasteiger partial charge in [-0.3, -0.25) is 19.3 Å². The Bertz CT molecular complexity index is 584. The van der Waals surface area contributed by atoms with Crippen LogP contribution in [0.25, 0.3) is 0 Å². The first-order valence-corrected chi connectivity index (χ1v) is 6.03. The van der Waals surface area contributed by atoms with Gasteiger partial charge in [-0.2, -0.15) is 0 Å². The molecule has 3 amide bonds. The number of amides is 3. The van der Waals surface area contributed by atoms with Crippen LogP contribution < -0.4 is 5.32 Å². The number of hydrogen-bond acceptors (Lipinski definition) is 5. The first-order chi connectivity index (χ1) is 9.40. The molecule has 0 radical (unpaired) electrons. The van der Waals surface area contributed by atoms with Crippen molar-refractivity contribution in [3.8, 4) is 11.5 Å². The van der Waals surface area contributed by atoms with Crippen molar-refractivity contribution in [2.75, 3.05) is 7.05 Å². The monoisotopic (exact) mass is 278 g/mol. The maximum atomic E-state index is 12.0. The summed E-state index contributed by atoms with van der Waals surface area (Å²) in [4.78, 5) is 36.1. The van der Waals surface area contributed by atoms with Gasteiger partial charge in [0.2, 0.25) is 5.91 Å². The Balaban J connectivity index is 2.09. The van der Waals surface area contributed by atoms with Gasteiger partial charge in [0.25, 0.3) is 11.8 Å². The van der Waals surface area contributed by atoms with Gasteiger partial charge in [-0.25, -0.2) is 0 Å². The third-order valence-electron chi connectivity index (χ3n) is 3.19. The van der Waals surface area contributed by atoms with E-state index in [9.17, 15) is 24.6 Å². The first kappa shape index (κ1) is 13.9. The standard InChI is InChI=1S/C13H14N2O5/c1-15-11(18)5-3-8(13(15)20)14-12(19)7-2-4-9(16)10(17)6-7/h2,4,6,8,16-17H,3,5H2,1H3,(H,14,19). The van der Waals surface area contributed by atoms with Crippen molar-refractivity contribution in [3.63, 3.8) is 0 Å². The van der Waals surface area contributed by atoms with Crippen molar-refractivity contribution < 1.29 is 24.6 Å². The SMILES string of the molecule is CN1C(=O)CCC(NC(=O)c2ccc(O)c(O)c2)C1=O. The average molecular weight is 278 g/mol. The summed E-state index contributed by atoms with van der Waals surface area (Å²) in [5.41, 5.74) is 0.118. The largest absolute Gasteiger partial charge is 0.504 e. The summed E-state index contributed by atoms with van der Waals surface area (Å²) in [5, 5.41) is 21.0. The lowest BCUT2D eigenvalue weighted by Crippen LogP contribution is -2.52. The van der Waals surface area contributed by atoms with Crippen LogP contribution in [0.3, 0.4) is 0 Å². The topological polar surface area (TPSA) is 107 Å². The third kappa shape index (κ3) is 2.56. The number of nitrogens with one attached hydrogen (secondary N) is 1. The summed E-state index contributed by atoms with van der Waals surface area (Å²) in [6, 6.07) is 2.85. The van der Waals surface area contributed by atoms with E-state index in [1.165, 1.54) is 19.2 Å². The highest BCUT2D eigenvalue weighted by Crippen LogP contribution is 2.25. The van der Waals surface area contributed by atoms with E-state index >= 15 is 0 Å². The molecule has 1 heterocycles. The Morgan fingerprint density at radius 1 is 1.30 bits per heavy atom. The molecular weight excluding hydrogens is 264 g/mol. The molecule has 0 saturated carbocycles. The molecule has 1 aromatic carbocycles. The summed E-state index contributed by atoms with van der Waals surface area (Å²) in [5.74, 6) is -2.04. The maximum Gasteiger partial charge on any atom is 0.252 e. The van der Waals surface area contributed by atoms with Crippen LogP contribution >= 0.6 is 0 Å². The number of hydrogen-bond donors (Lipinski definition) is 3. The summed E-state index contributed by atoms with van der Waals surface area (Å²) >= 11 is 0. The number of carbonyl (C=O) groups is 3. The lowest BCUT2D eigenvalue weighted by Gasteiger charge is -2.28.